The summed E-state index contributed by atoms with van der Waals surface area (Å²) in [6.45, 7) is 0. The Morgan fingerprint density at radius 3 is 2.28 bits per heavy atom. The Labute approximate surface area is 144 Å². The van der Waals surface area contributed by atoms with Gasteiger partial charge in [0.2, 0.25) is 5.91 Å². The molecule has 7 heteroatoms. The highest BCUT2D eigenvalue weighted by Gasteiger charge is 2.06. The Morgan fingerprint density at radius 2 is 1.68 bits per heavy atom. The second-order valence-corrected chi connectivity index (χ2v) is 4.92. The van der Waals surface area contributed by atoms with Crippen LogP contribution in [0.25, 0.3) is 6.08 Å². The van der Waals surface area contributed by atoms with Crippen molar-refractivity contribution in [3.8, 4) is 11.5 Å². The first-order chi connectivity index (χ1) is 12.1. The molecule has 2 rings (SSSR count). The highest BCUT2D eigenvalue weighted by Crippen LogP contribution is 2.27. The minimum absolute atomic E-state index is 0.293. The molecule has 0 aliphatic carbocycles. The highest BCUT2D eigenvalue weighted by atomic mass is 16.7. The molecule has 0 bridgehead atoms. The fraction of sp³-hybridized carbons (Fsp3) is 0.111. The minimum atomic E-state index is -0.647. The van der Waals surface area contributed by atoms with Crippen LogP contribution >= 0.6 is 0 Å². The molecule has 0 fully saturated rings. The van der Waals surface area contributed by atoms with E-state index in [1.807, 2.05) is 0 Å². The largest absolute Gasteiger partial charge is 0.493 e. The van der Waals surface area contributed by atoms with E-state index in [1.165, 1.54) is 18.2 Å². The molecule has 3 N–H and O–H groups in total. The van der Waals surface area contributed by atoms with Crippen molar-refractivity contribution in [1.29, 1.82) is 0 Å². The van der Waals surface area contributed by atoms with Gasteiger partial charge in [0, 0.05) is 11.8 Å². The van der Waals surface area contributed by atoms with Crippen LogP contribution in [-0.2, 0) is 9.63 Å². The molecule has 130 valence electrons. The summed E-state index contributed by atoms with van der Waals surface area (Å²) in [7, 11) is 3.10. The van der Waals surface area contributed by atoms with E-state index in [2.05, 4.69) is 10.2 Å². The lowest BCUT2D eigenvalue weighted by Crippen LogP contribution is -2.11. The number of methoxy groups -OCH3 is 2. The third kappa shape index (κ3) is 4.82. The van der Waals surface area contributed by atoms with Crippen LogP contribution in [0.3, 0.4) is 0 Å². The summed E-state index contributed by atoms with van der Waals surface area (Å²) in [6, 6.07) is 11.5. The minimum Gasteiger partial charge on any atom is -0.493 e. The zero-order valence-corrected chi connectivity index (χ0v) is 13.8. The fourth-order valence-electron chi connectivity index (χ4n) is 2.07. The average Bonchev–Trinajstić information content (AvgIpc) is 2.66. The van der Waals surface area contributed by atoms with Gasteiger partial charge >= 0.3 is 5.97 Å². The molecule has 0 atom stereocenters. The summed E-state index contributed by atoms with van der Waals surface area (Å²) in [5.41, 5.74) is 1.62. The van der Waals surface area contributed by atoms with Gasteiger partial charge in [0.05, 0.1) is 19.8 Å². The number of nitrogens with two attached hydrogens (primary N) is 1. The SMILES string of the molecule is COc1ccc(/C=C/C(=O)Nc2ccc(C(=O)ON)cc2)cc1OC. The predicted octanol–water partition coefficient (Wildman–Crippen LogP) is 2.39. The van der Waals surface area contributed by atoms with Crippen molar-refractivity contribution in [2.24, 2.45) is 5.90 Å². The third-order valence-electron chi connectivity index (χ3n) is 3.33. The highest BCUT2D eigenvalue weighted by molar-refractivity contribution is 6.02. The van der Waals surface area contributed by atoms with Crippen molar-refractivity contribution in [1.82, 2.24) is 0 Å². The number of hydrogen-bond donors (Lipinski definition) is 2. The van der Waals surface area contributed by atoms with Crippen molar-refractivity contribution < 1.29 is 23.9 Å². The van der Waals surface area contributed by atoms with Crippen LogP contribution < -0.4 is 20.7 Å². The van der Waals surface area contributed by atoms with Crippen LogP contribution in [0.15, 0.2) is 48.5 Å². The maximum absolute atomic E-state index is 12.0. The number of benzene rings is 2. The normalized spacial score (nSPS) is 10.4. The zero-order chi connectivity index (χ0) is 18.2. The quantitative estimate of drug-likeness (QED) is 0.618. The van der Waals surface area contributed by atoms with E-state index >= 15 is 0 Å². The monoisotopic (exact) mass is 342 g/mol. The lowest BCUT2D eigenvalue weighted by atomic mass is 10.2. The Balaban J connectivity index is 2.02. The summed E-state index contributed by atoms with van der Waals surface area (Å²) < 4.78 is 10.4. The van der Waals surface area contributed by atoms with Crippen LogP contribution in [-0.4, -0.2) is 26.1 Å². The van der Waals surface area contributed by atoms with Gasteiger partial charge in [-0.2, -0.15) is 5.90 Å². The molecule has 0 radical (unpaired) electrons. The molecule has 0 spiro atoms. The van der Waals surface area contributed by atoms with Gasteiger partial charge in [-0.15, -0.1) is 0 Å². The van der Waals surface area contributed by atoms with E-state index in [4.69, 9.17) is 15.4 Å². The molecule has 0 saturated heterocycles. The lowest BCUT2D eigenvalue weighted by molar-refractivity contribution is -0.111. The topological polar surface area (TPSA) is 99.9 Å². The average molecular weight is 342 g/mol. The molecule has 0 aliphatic rings. The van der Waals surface area contributed by atoms with E-state index in [-0.39, 0.29) is 5.91 Å². The van der Waals surface area contributed by atoms with Crippen LogP contribution in [0, 0.1) is 0 Å². The van der Waals surface area contributed by atoms with Crippen molar-refractivity contribution in [2.45, 2.75) is 0 Å². The van der Waals surface area contributed by atoms with Gasteiger partial charge in [-0.3, -0.25) is 4.79 Å². The van der Waals surface area contributed by atoms with Crippen LogP contribution in [0.4, 0.5) is 5.69 Å². The van der Waals surface area contributed by atoms with Gasteiger partial charge in [-0.05, 0) is 48.0 Å². The maximum atomic E-state index is 12.0. The molecule has 1 amide bonds. The molecule has 25 heavy (non-hydrogen) atoms. The summed E-state index contributed by atoms with van der Waals surface area (Å²) in [5, 5.41) is 2.68. The van der Waals surface area contributed by atoms with Gasteiger partial charge in [0.25, 0.3) is 0 Å². The van der Waals surface area contributed by atoms with E-state index in [1.54, 1.807) is 50.6 Å². The number of nitrogens with one attached hydrogen (secondary N) is 1. The predicted molar refractivity (Wildman–Crippen MR) is 93.3 cm³/mol. The molecule has 0 unspecified atom stereocenters. The Bertz CT molecular complexity index is 785. The third-order valence-corrected chi connectivity index (χ3v) is 3.33. The number of carbonyl (C=O) groups excluding carboxylic acids is 2. The van der Waals surface area contributed by atoms with Gasteiger partial charge in [-0.1, -0.05) is 6.07 Å². The number of carbonyl (C=O) groups is 2. The van der Waals surface area contributed by atoms with Crippen LogP contribution in [0.1, 0.15) is 15.9 Å². The molecule has 0 aliphatic heterocycles. The Kier molecular flexibility index (Phi) is 6.14. The Hall–Kier alpha value is -3.32. The van der Waals surface area contributed by atoms with E-state index in [9.17, 15) is 9.59 Å². The van der Waals surface area contributed by atoms with Gasteiger partial charge in [-0.25, -0.2) is 4.79 Å². The molecular formula is C18H18N2O5. The van der Waals surface area contributed by atoms with Gasteiger partial charge in [0.15, 0.2) is 11.5 Å². The van der Waals surface area contributed by atoms with Crippen molar-refractivity contribution >= 4 is 23.6 Å². The van der Waals surface area contributed by atoms with E-state index in [0.717, 1.165) is 5.56 Å². The number of anilines is 1. The zero-order valence-electron chi connectivity index (χ0n) is 13.8. The summed E-state index contributed by atoms with van der Waals surface area (Å²) in [5.74, 6) is 5.04. The maximum Gasteiger partial charge on any atom is 0.356 e. The number of rotatable bonds is 6. The molecule has 0 heterocycles. The summed E-state index contributed by atoms with van der Waals surface area (Å²) >= 11 is 0. The van der Waals surface area contributed by atoms with Crippen molar-refractivity contribution in [3.63, 3.8) is 0 Å². The van der Waals surface area contributed by atoms with Crippen molar-refractivity contribution in [3.05, 3.63) is 59.7 Å². The molecule has 2 aromatic rings. The van der Waals surface area contributed by atoms with Crippen LogP contribution in [0.5, 0.6) is 11.5 Å². The van der Waals surface area contributed by atoms with E-state index < -0.39 is 5.97 Å². The molecular weight excluding hydrogens is 324 g/mol. The van der Waals surface area contributed by atoms with Crippen LogP contribution in [0.2, 0.25) is 0 Å². The molecule has 7 nitrogen and oxygen atoms in total. The smallest absolute Gasteiger partial charge is 0.356 e. The first-order valence-electron chi connectivity index (χ1n) is 7.29. The Morgan fingerprint density at radius 1 is 1.00 bits per heavy atom. The first kappa shape index (κ1) is 18.0. The second kappa shape index (κ2) is 8.51. The second-order valence-electron chi connectivity index (χ2n) is 4.92. The van der Waals surface area contributed by atoms with E-state index in [0.29, 0.717) is 22.7 Å². The number of ether oxygens (including phenoxy) is 2. The van der Waals surface area contributed by atoms with Gasteiger partial charge in [0.1, 0.15) is 0 Å². The van der Waals surface area contributed by atoms with Crippen molar-refractivity contribution in [2.75, 3.05) is 19.5 Å². The number of hydrogen-bond acceptors (Lipinski definition) is 6. The standard InChI is InChI=1S/C18H18N2O5/c1-23-15-9-3-12(11-16(15)24-2)4-10-17(21)20-14-7-5-13(6-8-14)18(22)25-19/h3-11H,19H2,1-2H3,(H,20,21)/b10-4+. The molecule has 0 saturated carbocycles. The fourth-order valence-corrected chi connectivity index (χ4v) is 2.07. The summed E-state index contributed by atoms with van der Waals surface area (Å²) in [6.07, 6.45) is 3.04. The molecule has 0 aromatic heterocycles. The van der Waals surface area contributed by atoms with Gasteiger partial charge < -0.3 is 19.6 Å². The first-order valence-corrected chi connectivity index (χ1v) is 7.29. The lowest BCUT2D eigenvalue weighted by Gasteiger charge is -2.07. The molecule has 2 aromatic carbocycles. The number of amides is 1. The summed E-state index contributed by atoms with van der Waals surface area (Å²) in [4.78, 5) is 27.3.